The molecule has 0 aliphatic carbocycles. The van der Waals surface area contributed by atoms with Crippen LogP contribution in [0.5, 0.6) is 0 Å². The average Bonchev–Trinajstić information content (AvgIpc) is 2.67. The van der Waals surface area contributed by atoms with Crippen LogP contribution in [0.2, 0.25) is 0 Å². The Morgan fingerprint density at radius 3 is 2.20 bits per heavy atom. The molecule has 0 amide bonds. The van der Waals surface area contributed by atoms with Gasteiger partial charge in [-0.2, -0.15) is 0 Å². The molecule has 0 saturated carbocycles. The molecule has 2 atom stereocenters. The van der Waals surface area contributed by atoms with E-state index in [0.717, 1.165) is 25.9 Å². The van der Waals surface area contributed by atoms with Crippen LogP contribution in [0.25, 0.3) is 0 Å². The van der Waals surface area contributed by atoms with Crippen molar-refractivity contribution < 1.29 is 9.47 Å². The second kappa shape index (κ2) is 8.00. The van der Waals surface area contributed by atoms with Crippen LogP contribution < -0.4 is 0 Å². The quantitative estimate of drug-likeness (QED) is 0.630. The number of hydrogen-bond acceptors (Lipinski definition) is 2. The standard InChI is InChI=1S/C12H24O2.CH3/c1-4-10(5-2)13-9-12-8-7-11(6-3)14-12;/h10-12H,4-9H2,1-3H3;1H3/q;+1. The third kappa shape index (κ3) is 4.89. The van der Waals surface area contributed by atoms with Gasteiger partial charge in [0, 0.05) is 7.43 Å². The van der Waals surface area contributed by atoms with E-state index >= 15 is 0 Å². The van der Waals surface area contributed by atoms with Crippen LogP contribution in [-0.2, 0) is 9.47 Å². The van der Waals surface area contributed by atoms with Crippen molar-refractivity contribution in [3.8, 4) is 0 Å². The molecule has 0 aromatic rings. The topological polar surface area (TPSA) is 18.5 Å². The zero-order valence-electron chi connectivity index (χ0n) is 10.8. The molecule has 15 heavy (non-hydrogen) atoms. The lowest BCUT2D eigenvalue weighted by Crippen LogP contribution is -2.21. The highest BCUT2D eigenvalue weighted by molar-refractivity contribution is 4.72. The Bertz CT molecular complexity index is 143. The smallest absolute Gasteiger partial charge is 0.0813 e. The Morgan fingerprint density at radius 2 is 1.73 bits per heavy atom. The second-order valence-corrected chi connectivity index (χ2v) is 4.14. The van der Waals surface area contributed by atoms with Crippen LogP contribution in [0, 0.1) is 7.43 Å². The highest BCUT2D eigenvalue weighted by Crippen LogP contribution is 2.22. The van der Waals surface area contributed by atoms with E-state index in [1.165, 1.54) is 12.8 Å². The second-order valence-electron chi connectivity index (χ2n) is 4.14. The average molecular weight is 215 g/mol. The summed E-state index contributed by atoms with van der Waals surface area (Å²) in [7, 11) is 0. The summed E-state index contributed by atoms with van der Waals surface area (Å²) in [6.07, 6.45) is 7.04. The van der Waals surface area contributed by atoms with E-state index in [9.17, 15) is 0 Å². The minimum absolute atomic E-state index is 0. The molecule has 0 aromatic heterocycles. The van der Waals surface area contributed by atoms with Crippen LogP contribution in [0.3, 0.4) is 0 Å². The minimum Gasteiger partial charge on any atom is -0.376 e. The minimum atomic E-state index is 0. The highest BCUT2D eigenvalue weighted by atomic mass is 16.5. The van der Waals surface area contributed by atoms with E-state index in [0.29, 0.717) is 18.3 Å². The van der Waals surface area contributed by atoms with Crippen LogP contribution in [0.15, 0.2) is 0 Å². The number of rotatable bonds is 6. The Hall–Kier alpha value is -0.210. The molecular formula is C13H27O2+. The molecule has 1 aliphatic heterocycles. The molecule has 0 radical (unpaired) electrons. The summed E-state index contributed by atoms with van der Waals surface area (Å²) in [6, 6.07) is 0. The van der Waals surface area contributed by atoms with Gasteiger partial charge in [-0.3, -0.25) is 0 Å². The third-order valence-corrected chi connectivity index (χ3v) is 3.08. The molecule has 0 bridgehead atoms. The summed E-state index contributed by atoms with van der Waals surface area (Å²) in [5.74, 6) is 0. The lowest BCUT2D eigenvalue weighted by atomic mass is 10.1. The predicted octanol–water partition coefficient (Wildman–Crippen LogP) is 3.60. The molecule has 1 saturated heterocycles. The molecule has 1 rings (SSSR count). The highest BCUT2D eigenvalue weighted by Gasteiger charge is 2.24. The summed E-state index contributed by atoms with van der Waals surface area (Å²) in [6.45, 7) is 7.34. The van der Waals surface area contributed by atoms with Gasteiger partial charge < -0.3 is 9.47 Å². The molecule has 0 spiro atoms. The fraction of sp³-hybridized carbons (Fsp3) is 0.923. The molecule has 1 aliphatic rings. The van der Waals surface area contributed by atoms with Crippen LogP contribution in [-0.4, -0.2) is 24.9 Å². The molecule has 2 nitrogen and oxygen atoms in total. The predicted molar refractivity (Wildman–Crippen MR) is 64.9 cm³/mol. The van der Waals surface area contributed by atoms with Gasteiger partial charge in [-0.05, 0) is 32.1 Å². The summed E-state index contributed by atoms with van der Waals surface area (Å²) < 4.78 is 11.6. The zero-order valence-corrected chi connectivity index (χ0v) is 10.8. The molecule has 1 heterocycles. The molecular weight excluding hydrogens is 188 g/mol. The van der Waals surface area contributed by atoms with E-state index in [1.807, 2.05) is 0 Å². The van der Waals surface area contributed by atoms with E-state index < -0.39 is 0 Å². The summed E-state index contributed by atoms with van der Waals surface area (Å²) >= 11 is 0. The van der Waals surface area contributed by atoms with Crippen molar-refractivity contribution in [2.45, 2.75) is 71.2 Å². The van der Waals surface area contributed by atoms with Crippen molar-refractivity contribution in [1.29, 1.82) is 0 Å². The normalized spacial score (nSPS) is 25.6. The Morgan fingerprint density at radius 1 is 1.13 bits per heavy atom. The number of ether oxygens (including phenoxy) is 2. The first-order valence-electron chi connectivity index (χ1n) is 6.07. The van der Waals surface area contributed by atoms with Gasteiger partial charge in [-0.15, -0.1) is 0 Å². The van der Waals surface area contributed by atoms with Crippen LogP contribution in [0.1, 0.15) is 52.9 Å². The van der Waals surface area contributed by atoms with Gasteiger partial charge in [0.2, 0.25) is 0 Å². The Kier molecular flexibility index (Phi) is 7.89. The summed E-state index contributed by atoms with van der Waals surface area (Å²) in [5.41, 5.74) is 0. The SMILES string of the molecule is CCC(CC)OCC1CCC(CC)O1.[CH3+]. The maximum atomic E-state index is 5.82. The van der Waals surface area contributed by atoms with E-state index in [2.05, 4.69) is 20.8 Å². The Balaban J connectivity index is 0.00000196. The third-order valence-electron chi connectivity index (χ3n) is 3.08. The van der Waals surface area contributed by atoms with Crippen LogP contribution >= 0.6 is 0 Å². The van der Waals surface area contributed by atoms with Gasteiger partial charge in [0.15, 0.2) is 0 Å². The van der Waals surface area contributed by atoms with Gasteiger partial charge in [-0.25, -0.2) is 0 Å². The first-order valence-corrected chi connectivity index (χ1v) is 6.07. The molecule has 0 aromatic carbocycles. The van der Waals surface area contributed by atoms with Crippen molar-refractivity contribution in [3.05, 3.63) is 7.43 Å². The summed E-state index contributed by atoms with van der Waals surface area (Å²) in [4.78, 5) is 0. The lowest BCUT2D eigenvalue weighted by Gasteiger charge is -2.17. The molecule has 2 heteroatoms. The largest absolute Gasteiger partial charge is 0.376 e. The molecule has 1 fully saturated rings. The molecule has 90 valence electrons. The van der Waals surface area contributed by atoms with Crippen molar-refractivity contribution in [3.63, 3.8) is 0 Å². The summed E-state index contributed by atoms with van der Waals surface area (Å²) in [5, 5.41) is 0. The van der Waals surface area contributed by atoms with Gasteiger partial charge in [-0.1, -0.05) is 20.8 Å². The first kappa shape index (κ1) is 14.8. The Labute approximate surface area is 95.3 Å². The maximum Gasteiger partial charge on any atom is 0.0813 e. The first-order chi connectivity index (χ1) is 6.80. The maximum absolute atomic E-state index is 5.82. The van der Waals surface area contributed by atoms with E-state index in [4.69, 9.17) is 9.47 Å². The molecule has 0 N–H and O–H groups in total. The van der Waals surface area contributed by atoms with Crippen molar-refractivity contribution >= 4 is 0 Å². The lowest BCUT2D eigenvalue weighted by molar-refractivity contribution is -0.0436. The molecule has 2 unspecified atom stereocenters. The van der Waals surface area contributed by atoms with Gasteiger partial charge in [0.05, 0.1) is 24.9 Å². The van der Waals surface area contributed by atoms with Crippen molar-refractivity contribution in [1.82, 2.24) is 0 Å². The van der Waals surface area contributed by atoms with Gasteiger partial charge in [0.1, 0.15) is 0 Å². The van der Waals surface area contributed by atoms with E-state index in [-0.39, 0.29) is 7.43 Å². The fourth-order valence-corrected chi connectivity index (χ4v) is 1.97. The monoisotopic (exact) mass is 215 g/mol. The number of hydrogen-bond donors (Lipinski definition) is 0. The van der Waals surface area contributed by atoms with E-state index in [1.54, 1.807) is 0 Å². The van der Waals surface area contributed by atoms with Crippen molar-refractivity contribution in [2.75, 3.05) is 6.61 Å². The zero-order chi connectivity index (χ0) is 10.4. The van der Waals surface area contributed by atoms with Crippen molar-refractivity contribution in [2.24, 2.45) is 0 Å². The van der Waals surface area contributed by atoms with Crippen LogP contribution in [0.4, 0.5) is 0 Å². The van der Waals surface area contributed by atoms with Gasteiger partial charge in [0.25, 0.3) is 0 Å². The van der Waals surface area contributed by atoms with Gasteiger partial charge >= 0.3 is 0 Å². The fourth-order valence-electron chi connectivity index (χ4n) is 1.97.